The third kappa shape index (κ3) is 4.46. The Balaban J connectivity index is 1.85. The lowest BCUT2D eigenvalue weighted by molar-refractivity contribution is 0.158. The first kappa shape index (κ1) is 14.3. The molecule has 0 saturated heterocycles. The maximum Gasteiger partial charge on any atom is 0.0499 e. The molecule has 1 N–H and O–H groups in total. The van der Waals surface area contributed by atoms with Gasteiger partial charge in [-0.1, -0.05) is 37.3 Å². The monoisotopic (exact) mass is 275 g/mol. The van der Waals surface area contributed by atoms with Crippen LogP contribution in [0.25, 0.3) is 10.4 Å². The molecule has 0 aliphatic carbocycles. The fourth-order valence-corrected chi connectivity index (χ4v) is 3.00. The molecular weight excluding hydrogens is 254 g/mol. The minimum Gasteiger partial charge on any atom is -0.384 e. The smallest absolute Gasteiger partial charge is 0.0499 e. The van der Waals surface area contributed by atoms with Crippen molar-refractivity contribution in [1.29, 1.82) is 0 Å². The maximum atomic E-state index is 5.13. The Bertz CT molecular complexity index is 481. The fourth-order valence-electron chi connectivity index (χ4n) is 2.02. The highest BCUT2D eigenvalue weighted by Gasteiger charge is 2.04. The van der Waals surface area contributed by atoms with Crippen LogP contribution < -0.4 is 5.32 Å². The van der Waals surface area contributed by atoms with Crippen molar-refractivity contribution in [1.82, 2.24) is 5.32 Å². The second kappa shape index (κ2) is 7.43. The summed E-state index contributed by atoms with van der Waals surface area (Å²) in [5.41, 5.74) is 1.30. The van der Waals surface area contributed by atoms with Gasteiger partial charge in [0, 0.05) is 36.6 Å². The minimum atomic E-state index is 0.554. The summed E-state index contributed by atoms with van der Waals surface area (Å²) in [6.07, 6.45) is 0. The Hall–Kier alpha value is -1.16. The first-order chi connectivity index (χ1) is 9.29. The molecule has 1 heterocycles. The van der Waals surface area contributed by atoms with Crippen molar-refractivity contribution in [3.63, 3.8) is 0 Å². The quantitative estimate of drug-likeness (QED) is 0.830. The molecule has 2 nitrogen and oxygen atoms in total. The Morgan fingerprint density at radius 3 is 2.68 bits per heavy atom. The van der Waals surface area contributed by atoms with Crippen LogP contribution >= 0.6 is 11.3 Å². The van der Waals surface area contributed by atoms with Crippen molar-refractivity contribution in [2.75, 3.05) is 20.3 Å². The van der Waals surface area contributed by atoms with Gasteiger partial charge in [-0.25, -0.2) is 0 Å². The van der Waals surface area contributed by atoms with Crippen LogP contribution in [-0.4, -0.2) is 20.3 Å². The zero-order valence-corrected chi connectivity index (χ0v) is 12.4. The summed E-state index contributed by atoms with van der Waals surface area (Å²) in [5, 5.41) is 3.48. The summed E-state index contributed by atoms with van der Waals surface area (Å²) in [5.74, 6) is 0.554. The topological polar surface area (TPSA) is 21.3 Å². The average molecular weight is 275 g/mol. The summed E-state index contributed by atoms with van der Waals surface area (Å²) >= 11 is 1.86. The van der Waals surface area contributed by atoms with E-state index in [4.69, 9.17) is 4.74 Å². The third-order valence-corrected chi connectivity index (χ3v) is 4.10. The van der Waals surface area contributed by atoms with Gasteiger partial charge >= 0.3 is 0 Å². The molecule has 0 amide bonds. The molecule has 0 spiro atoms. The number of hydrogen-bond donors (Lipinski definition) is 1. The zero-order valence-electron chi connectivity index (χ0n) is 11.6. The largest absolute Gasteiger partial charge is 0.384 e. The van der Waals surface area contributed by atoms with E-state index in [0.717, 1.165) is 19.7 Å². The first-order valence-electron chi connectivity index (χ1n) is 6.63. The van der Waals surface area contributed by atoms with Crippen molar-refractivity contribution in [2.24, 2.45) is 5.92 Å². The van der Waals surface area contributed by atoms with E-state index in [1.165, 1.54) is 15.3 Å². The Morgan fingerprint density at radius 2 is 1.95 bits per heavy atom. The summed E-state index contributed by atoms with van der Waals surface area (Å²) in [6, 6.07) is 14.9. The number of nitrogens with one attached hydrogen (secondary N) is 1. The molecule has 19 heavy (non-hydrogen) atoms. The van der Waals surface area contributed by atoms with Crippen molar-refractivity contribution < 1.29 is 4.74 Å². The second-order valence-corrected chi connectivity index (χ2v) is 5.99. The lowest BCUT2D eigenvalue weighted by Gasteiger charge is -2.10. The van der Waals surface area contributed by atoms with Crippen LogP contribution in [0, 0.1) is 5.92 Å². The number of methoxy groups -OCH3 is 1. The lowest BCUT2D eigenvalue weighted by atomic mass is 10.2. The molecule has 1 unspecified atom stereocenters. The van der Waals surface area contributed by atoms with Crippen molar-refractivity contribution in [3.8, 4) is 10.4 Å². The summed E-state index contributed by atoms with van der Waals surface area (Å²) < 4.78 is 5.13. The molecule has 0 radical (unpaired) electrons. The molecule has 0 fully saturated rings. The molecule has 2 aromatic rings. The van der Waals surface area contributed by atoms with E-state index < -0.39 is 0 Å². The average Bonchev–Trinajstić information content (AvgIpc) is 2.89. The number of benzene rings is 1. The Labute approximate surface area is 119 Å². The summed E-state index contributed by atoms with van der Waals surface area (Å²) in [6.45, 7) is 4.94. The van der Waals surface area contributed by atoms with E-state index in [-0.39, 0.29) is 0 Å². The minimum absolute atomic E-state index is 0.554. The van der Waals surface area contributed by atoms with Gasteiger partial charge < -0.3 is 10.1 Å². The highest BCUT2D eigenvalue weighted by molar-refractivity contribution is 7.15. The van der Waals surface area contributed by atoms with Gasteiger partial charge in [0.15, 0.2) is 0 Å². The van der Waals surface area contributed by atoms with Gasteiger partial charge in [0.05, 0.1) is 0 Å². The van der Waals surface area contributed by atoms with E-state index in [1.807, 2.05) is 11.3 Å². The predicted molar refractivity (Wildman–Crippen MR) is 82.5 cm³/mol. The normalized spacial score (nSPS) is 12.5. The molecule has 0 saturated carbocycles. The van der Waals surface area contributed by atoms with Gasteiger partial charge in [-0.2, -0.15) is 0 Å². The predicted octanol–water partition coefficient (Wildman–Crippen LogP) is 3.79. The first-order valence-corrected chi connectivity index (χ1v) is 7.45. The highest BCUT2D eigenvalue weighted by Crippen LogP contribution is 2.27. The zero-order chi connectivity index (χ0) is 13.5. The third-order valence-electron chi connectivity index (χ3n) is 2.96. The van der Waals surface area contributed by atoms with Crippen molar-refractivity contribution in [3.05, 3.63) is 47.3 Å². The van der Waals surface area contributed by atoms with Crippen LogP contribution in [0.1, 0.15) is 11.8 Å². The maximum absolute atomic E-state index is 5.13. The molecule has 1 aromatic heterocycles. The van der Waals surface area contributed by atoms with Gasteiger partial charge in [0.2, 0.25) is 0 Å². The molecule has 0 aliphatic heterocycles. The van der Waals surface area contributed by atoms with Crippen LogP contribution in [0.2, 0.25) is 0 Å². The van der Waals surface area contributed by atoms with Gasteiger partial charge in [-0.15, -0.1) is 11.3 Å². The van der Waals surface area contributed by atoms with Gasteiger partial charge in [-0.05, 0) is 23.6 Å². The number of rotatable bonds is 7. The molecule has 3 heteroatoms. The lowest BCUT2D eigenvalue weighted by Crippen LogP contribution is -2.22. The standard InChI is InChI=1S/C16H21NOS/c1-13(12-18-2)10-17-11-15-8-9-16(19-15)14-6-4-3-5-7-14/h3-9,13,17H,10-12H2,1-2H3. The molecule has 0 aliphatic rings. The van der Waals surface area contributed by atoms with E-state index in [1.54, 1.807) is 7.11 Å². The van der Waals surface area contributed by atoms with Crippen LogP contribution in [-0.2, 0) is 11.3 Å². The Morgan fingerprint density at radius 1 is 1.16 bits per heavy atom. The van der Waals surface area contributed by atoms with Gasteiger partial charge in [0.25, 0.3) is 0 Å². The number of thiophene rings is 1. The molecule has 1 aromatic carbocycles. The van der Waals surface area contributed by atoms with Crippen LogP contribution in [0.5, 0.6) is 0 Å². The number of hydrogen-bond acceptors (Lipinski definition) is 3. The fraction of sp³-hybridized carbons (Fsp3) is 0.375. The van der Waals surface area contributed by atoms with Crippen LogP contribution in [0.3, 0.4) is 0 Å². The summed E-state index contributed by atoms with van der Waals surface area (Å²) in [7, 11) is 1.75. The van der Waals surface area contributed by atoms with Crippen LogP contribution in [0.15, 0.2) is 42.5 Å². The molecular formula is C16H21NOS. The van der Waals surface area contributed by atoms with E-state index in [9.17, 15) is 0 Å². The number of ether oxygens (including phenoxy) is 1. The summed E-state index contributed by atoms with van der Waals surface area (Å²) in [4.78, 5) is 2.71. The Kier molecular flexibility index (Phi) is 5.58. The second-order valence-electron chi connectivity index (χ2n) is 4.82. The van der Waals surface area contributed by atoms with Gasteiger partial charge in [-0.3, -0.25) is 0 Å². The molecule has 2 rings (SSSR count). The highest BCUT2D eigenvalue weighted by atomic mass is 32.1. The van der Waals surface area contributed by atoms with Crippen molar-refractivity contribution in [2.45, 2.75) is 13.5 Å². The SMILES string of the molecule is COCC(C)CNCc1ccc(-c2ccccc2)s1. The van der Waals surface area contributed by atoms with Gasteiger partial charge in [0.1, 0.15) is 0 Å². The molecule has 0 bridgehead atoms. The molecule has 1 atom stereocenters. The van der Waals surface area contributed by atoms with Crippen LogP contribution in [0.4, 0.5) is 0 Å². The van der Waals surface area contributed by atoms with E-state index in [2.05, 4.69) is 54.7 Å². The molecule has 102 valence electrons. The van der Waals surface area contributed by atoms with E-state index in [0.29, 0.717) is 5.92 Å². The van der Waals surface area contributed by atoms with Crippen molar-refractivity contribution >= 4 is 11.3 Å². The van der Waals surface area contributed by atoms with E-state index >= 15 is 0 Å².